The van der Waals surface area contributed by atoms with Crippen LogP contribution in [0.5, 0.6) is 0 Å². The second kappa shape index (κ2) is 10.2. The summed E-state index contributed by atoms with van der Waals surface area (Å²) in [5.74, 6) is 2.53. The van der Waals surface area contributed by atoms with Gasteiger partial charge < -0.3 is 15.5 Å². The van der Waals surface area contributed by atoms with Gasteiger partial charge in [-0.25, -0.2) is 4.98 Å². The number of nitrogens with one attached hydrogen (secondary N) is 3. The van der Waals surface area contributed by atoms with Crippen molar-refractivity contribution >= 4 is 29.9 Å². The molecule has 1 aromatic rings. The number of hydrogen-bond donors (Lipinski definition) is 3. The molecular formula is C16H32IN7. The first-order valence-electron chi connectivity index (χ1n) is 8.63. The van der Waals surface area contributed by atoms with Crippen LogP contribution >= 0.6 is 24.0 Å². The number of nitrogens with zero attached hydrogens (tertiary/aromatic N) is 4. The molecule has 0 bridgehead atoms. The van der Waals surface area contributed by atoms with Gasteiger partial charge in [-0.15, -0.1) is 24.0 Å². The Balaban J connectivity index is 0.00000288. The molecule has 138 valence electrons. The minimum atomic E-state index is 0. The molecule has 1 aromatic heterocycles. The SMILES string of the molecule is CCNC(=NCCNC(C)(C)C)N1CCC(c2ncn[nH]2)CC1.I. The summed E-state index contributed by atoms with van der Waals surface area (Å²) in [5, 5.41) is 13.8. The van der Waals surface area contributed by atoms with Crippen LogP contribution in [0, 0.1) is 0 Å². The fourth-order valence-electron chi connectivity index (χ4n) is 2.79. The summed E-state index contributed by atoms with van der Waals surface area (Å²) in [6.45, 7) is 13.2. The molecule has 1 saturated heterocycles. The van der Waals surface area contributed by atoms with E-state index in [0.717, 1.165) is 57.3 Å². The van der Waals surface area contributed by atoms with E-state index in [1.54, 1.807) is 6.33 Å². The molecule has 0 aromatic carbocycles. The van der Waals surface area contributed by atoms with Crippen LogP contribution in [0.1, 0.15) is 52.3 Å². The maximum atomic E-state index is 4.76. The van der Waals surface area contributed by atoms with E-state index in [1.807, 2.05) is 0 Å². The molecule has 8 heteroatoms. The lowest BCUT2D eigenvalue weighted by molar-refractivity contribution is 0.298. The standard InChI is InChI=1S/C16H31N7.HI/c1-5-17-15(18-8-9-20-16(2,3)4)23-10-6-13(7-11-23)14-19-12-21-22-14;/h12-13,20H,5-11H2,1-4H3,(H,17,18)(H,19,21,22);1H. The zero-order valence-corrected chi connectivity index (χ0v) is 17.6. The molecule has 7 nitrogen and oxygen atoms in total. The van der Waals surface area contributed by atoms with Crippen LogP contribution < -0.4 is 10.6 Å². The van der Waals surface area contributed by atoms with Gasteiger partial charge in [0.15, 0.2) is 5.96 Å². The number of aromatic nitrogens is 3. The van der Waals surface area contributed by atoms with Gasteiger partial charge in [-0.1, -0.05) is 0 Å². The number of guanidine groups is 1. The predicted octanol–water partition coefficient (Wildman–Crippen LogP) is 1.96. The summed E-state index contributed by atoms with van der Waals surface area (Å²) in [6, 6.07) is 0. The number of likely N-dealkylation sites (tertiary alicyclic amines) is 1. The van der Waals surface area contributed by atoms with Crippen molar-refractivity contribution in [1.82, 2.24) is 30.7 Å². The lowest BCUT2D eigenvalue weighted by atomic mass is 9.96. The molecule has 24 heavy (non-hydrogen) atoms. The Hall–Kier alpha value is -0.900. The van der Waals surface area contributed by atoms with Gasteiger partial charge >= 0.3 is 0 Å². The number of piperidine rings is 1. The monoisotopic (exact) mass is 449 g/mol. The van der Waals surface area contributed by atoms with E-state index in [4.69, 9.17) is 4.99 Å². The minimum absolute atomic E-state index is 0. The lowest BCUT2D eigenvalue weighted by Crippen LogP contribution is -2.46. The van der Waals surface area contributed by atoms with E-state index < -0.39 is 0 Å². The number of halogens is 1. The first kappa shape index (κ1) is 21.1. The molecule has 0 amide bonds. The third kappa shape index (κ3) is 6.92. The van der Waals surface area contributed by atoms with Crippen LogP contribution in [0.15, 0.2) is 11.3 Å². The van der Waals surface area contributed by atoms with Crippen LogP contribution in [-0.4, -0.2) is 64.3 Å². The highest BCUT2D eigenvalue weighted by molar-refractivity contribution is 14.0. The highest BCUT2D eigenvalue weighted by Crippen LogP contribution is 2.24. The molecule has 1 fully saturated rings. The van der Waals surface area contributed by atoms with Gasteiger partial charge in [0.05, 0.1) is 6.54 Å². The largest absolute Gasteiger partial charge is 0.357 e. The number of aliphatic imine (C=N–C) groups is 1. The van der Waals surface area contributed by atoms with Crippen molar-refractivity contribution in [1.29, 1.82) is 0 Å². The smallest absolute Gasteiger partial charge is 0.193 e. The number of aromatic amines is 1. The molecule has 0 atom stereocenters. The fraction of sp³-hybridized carbons (Fsp3) is 0.812. The molecule has 3 N–H and O–H groups in total. The van der Waals surface area contributed by atoms with Gasteiger partial charge in [0, 0.05) is 37.6 Å². The van der Waals surface area contributed by atoms with Gasteiger partial charge in [-0.2, -0.15) is 5.10 Å². The molecule has 0 spiro atoms. The first-order valence-corrected chi connectivity index (χ1v) is 8.63. The summed E-state index contributed by atoms with van der Waals surface area (Å²) >= 11 is 0. The Morgan fingerprint density at radius 3 is 2.62 bits per heavy atom. The van der Waals surface area contributed by atoms with E-state index in [0.29, 0.717) is 5.92 Å². The number of hydrogen-bond acceptors (Lipinski definition) is 4. The van der Waals surface area contributed by atoms with Crippen LogP contribution in [0.2, 0.25) is 0 Å². The van der Waals surface area contributed by atoms with Crippen LogP contribution in [0.25, 0.3) is 0 Å². The summed E-state index contributed by atoms with van der Waals surface area (Å²) in [7, 11) is 0. The quantitative estimate of drug-likeness (QED) is 0.277. The zero-order valence-electron chi connectivity index (χ0n) is 15.3. The Morgan fingerprint density at radius 2 is 2.08 bits per heavy atom. The molecule has 0 unspecified atom stereocenters. The van der Waals surface area contributed by atoms with Gasteiger partial charge in [0.2, 0.25) is 0 Å². The van der Waals surface area contributed by atoms with Gasteiger partial charge in [-0.05, 0) is 40.5 Å². The first-order chi connectivity index (χ1) is 11.0. The predicted molar refractivity (Wildman–Crippen MR) is 109 cm³/mol. The molecule has 2 heterocycles. The molecular weight excluding hydrogens is 417 g/mol. The second-order valence-electron chi connectivity index (χ2n) is 7.04. The molecule has 0 saturated carbocycles. The third-order valence-corrected chi connectivity index (χ3v) is 3.98. The maximum Gasteiger partial charge on any atom is 0.193 e. The van der Waals surface area contributed by atoms with Gasteiger partial charge in [0.1, 0.15) is 12.2 Å². The molecule has 1 aliphatic heterocycles. The fourth-order valence-corrected chi connectivity index (χ4v) is 2.79. The maximum absolute atomic E-state index is 4.76. The van der Waals surface area contributed by atoms with Crippen LogP contribution in [-0.2, 0) is 0 Å². The third-order valence-electron chi connectivity index (χ3n) is 3.98. The Morgan fingerprint density at radius 1 is 1.38 bits per heavy atom. The minimum Gasteiger partial charge on any atom is -0.357 e. The normalized spacial score (nSPS) is 16.8. The van der Waals surface area contributed by atoms with Crippen molar-refractivity contribution < 1.29 is 0 Å². The summed E-state index contributed by atoms with van der Waals surface area (Å²) < 4.78 is 0. The summed E-state index contributed by atoms with van der Waals surface area (Å²) in [5.41, 5.74) is 0.142. The lowest BCUT2D eigenvalue weighted by Gasteiger charge is -2.33. The van der Waals surface area contributed by atoms with Crippen molar-refractivity contribution in [3.05, 3.63) is 12.2 Å². The highest BCUT2D eigenvalue weighted by Gasteiger charge is 2.24. The highest BCUT2D eigenvalue weighted by atomic mass is 127. The van der Waals surface area contributed by atoms with Crippen molar-refractivity contribution in [2.24, 2.45) is 4.99 Å². The van der Waals surface area contributed by atoms with Gasteiger partial charge in [0.25, 0.3) is 0 Å². The van der Waals surface area contributed by atoms with Crippen molar-refractivity contribution in [3.8, 4) is 0 Å². The van der Waals surface area contributed by atoms with E-state index >= 15 is 0 Å². The molecule has 0 radical (unpaired) electrons. The average molecular weight is 449 g/mol. The molecule has 1 aliphatic rings. The van der Waals surface area contributed by atoms with E-state index in [9.17, 15) is 0 Å². The Bertz CT molecular complexity index is 473. The van der Waals surface area contributed by atoms with Crippen LogP contribution in [0.4, 0.5) is 0 Å². The second-order valence-corrected chi connectivity index (χ2v) is 7.04. The molecule has 0 aliphatic carbocycles. The van der Waals surface area contributed by atoms with Crippen molar-refractivity contribution in [2.75, 3.05) is 32.7 Å². The summed E-state index contributed by atoms with van der Waals surface area (Å²) in [6.07, 6.45) is 3.76. The molecule has 2 rings (SSSR count). The average Bonchev–Trinajstić information content (AvgIpc) is 3.04. The van der Waals surface area contributed by atoms with E-state index in [2.05, 4.69) is 58.4 Å². The Labute approximate surface area is 162 Å². The van der Waals surface area contributed by atoms with E-state index in [1.165, 1.54) is 0 Å². The van der Waals surface area contributed by atoms with E-state index in [-0.39, 0.29) is 29.5 Å². The van der Waals surface area contributed by atoms with Crippen molar-refractivity contribution in [3.63, 3.8) is 0 Å². The number of rotatable bonds is 5. The topological polar surface area (TPSA) is 81.2 Å². The Kier molecular flexibility index (Phi) is 8.96. The number of H-pyrrole nitrogens is 1. The summed E-state index contributed by atoms with van der Waals surface area (Å²) in [4.78, 5) is 11.4. The zero-order chi connectivity index (χ0) is 16.7. The van der Waals surface area contributed by atoms with Gasteiger partial charge in [-0.3, -0.25) is 10.1 Å². The van der Waals surface area contributed by atoms with Crippen molar-refractivity contribution in [2.45, 2.75) is 52.0 Å². The van der Waals surface area contributed by atoms with Crippen LogP contribution in [0.3, 0.4) is 0 Å².